The first-order valence-electron chi connectivity index (χ1n) is 10.5. The molecule has 2 aromatic carbocycles. The summed E-state index contributed by atoms with van der Waals surface area (Å²) in [5.74, 6) is -0.290. The zero-order valence-electron chi connectivity index (χ0n) is 17.9. The lowest BCUT2D eigenvalue weighted by Crippen LogP contribution is -2.31. The number of nitrogen functional groups attached to an aromatic ring is 1. The number of para-hydroxylation sites is 1. The molecule has 3 N–H and O–H groups in total. The van der Waals surface area contributed by atoms with E-state index >= 15 is 0 Å². The van der Waals surface area contributed by atoms with E-state index in [9.17, 15) is 4.79 Å². The molecule has 5 rings (SSSR count). The highest BCUT2D eigenvalue weighted by molar-refractivity contribution is 9.10. The topological polar surface area (TPSA) is 140 Å². The Kier molecular flexibility index (Phi) is 6.04. The van der Waals surface area contributed by atoms with E-state index in [2.05, 4.69) is 64.1 Å². The average Bonchev–Trinajstić information content (AvgIpc) is 3.45. The molecule has 1 aliphatic heterocycles. The minimum absolute atomic E-state index is 0.0461. The van der Waals surface area contributed by atoms with Gasteiger partial charge >= 0.3 is 0 Å². The van der Waals surface area contributed by atoms with E-state index in [1.54, 1.807) is 6.21 Å². The minimum atomic E-state index is -0.507. The van der Waals surface area contributed by atoms with Crippen molar-refractivity contribution >= 4 is 39.6 Å². The zero-order valence-corrected chi connectivity index (χ0v) is 19.5. The second-order valence-electron chi connectivity index (χ2n) is 7.68. The van der Waals surface area contributed by atoms with Crippen molar-refractivity contribution in [3.63, 3.8) is 0 Å². The first-order chi connectivity index (χ1) is 16.6. The van der Waals surface area contributed by atoms with Crippen LogP contribution in [0.25, 0.3) is 5.82 Å². The molecule has 34 heavy (non-hydrogen) atoms. The van der Waals surface area contributed by atoms with Crippen molar-refractivity contribution in [1.29, 1.82) is 0 Å². The number of anilines is 2. The van der Waals surface area contributed by atoms with E-state index in [4.69, 9.17) is 10.4 Å². The molecule has 0 bridgehead atoms. The van der Waals surface area contributed by atoms with Crippen LogP contribution in [0, 0.1) is 0 Å². The van der Waals surface area contributed by atoms with E-state index in [1.165, 1.54) is 10.2 Å². The second-order valence-corrected chi connectivity index (χ2v) is 8.59. The summed E-state index contributed by atoms with van der Waals surface area (Å²) >= 11 is 3.41. The number of halogens is 1. The summed E-state index contributed by atoms with van der Waals surface area (Å²) in [4.78, 5) is 15.2. The van der Waals surface area contributed by atoms with Gasteiger partial charge in [-0.2, -0.15) is 9.78 Å². The first kappa shape index (κ1) is 21.8. The number of carbonyl (C=O) groups is 1. The SMILES string of the molecule is Nc1nonc1-n1nnc(C(=O)NN=Cc2cccc(Br)c2)c1CN1CCCc2ccccc21. The molecule has 4 aromatic rings. The van der Waals surface area contributed by atoms with Crippen LogP contribution in [0.4, 0.5) is 11.5 Å². The van der Waals surface area contributed by atoms with E-state index in [-0.39, 0.29) is 17.3 Å². The van der Waals surface area contributed by atoms with Crippen molar-refractivity contribution in [3.8, 4) is 5.82 Å². The van der Waals surface area contributed by atoms with Crippen LogP contribution in [-0.4, -0.2) is 44.0 Å². The van der Waals surface area contributed by atoms with Gasteiger partial charge in [0.1, 0.15) is 0 Å². The van der Waals surface area contributed by atoms with Crippen molar-refractivity contribution in [2.24, 2.45) is 5.10 Å². The third-order valence-corrected chi connectivity index (χ3v) is 5.94. The fourth-order valence-electron chi connectivity index (χ4n) is 3.89. The lowest BCUT2D eigenvalue weighted by atomic mass is 10.0. The first-order valence-corrected chi connectivity index (χ1v) is 11.3. The maximum Gasteiger partial charge on any atom is 0.293 e. The van der Waals surface area contributed by atoms with Crippen molar-refractivity contribution in [1.82, 2.24) is 30.7 Å². The van der Waals surface area contributed by atoms with E-state index in [0.717, 1.165) is 35.1 Å². The molecule has 11 nitrogen and oxygen atoms in total. The number of fused-ring (bicyclic) bond motifs is 1. The Bertz CT molecular complexity index is 1360. The lowest BCUT2D eigenvalue weighted by molar-refractivity contribution is 0.0949. The molecule has 1 aliphatic rings. The van der Waals surface area contributed by atoms with Crippen LogP contribution in [0.15, 0.2) is 62.7 Å². The Hall–Kier alpha value is -4.06. The monoisotopic (exact) mass is 521 g/mol. The molecular formula is C22H20BrN9O2. The fraction of sp³-hybridized carbons (Fsp3) is 0.182. The Balaban J connectivity index is 1.45. The number of aromatic nitrogens is 5. The van der Waals surface area contributed by atoms with Crippen LogP contribution in [0.2, 0.25) is 0 Å². The molecule has 12 heteroatoms. The predicted molar refractivity (Wildman–Crippen MR) is 129 cm³/mol. The lowest BCUT2D eigenvalue weighted by Gasteiger charge is -2.31. The maximum atomic E-state index is 13.0. The number of hydrazone groups is 1. The molecule has 0 radical (unpaired) electrons. The van der Waals surface area contributed by atoms with E-state index in [0.29, 0.717) is 12.2 Å². The summed E-state index contributed by atoms with van der Waals surface area (Å²) in [6.07, 6.45) is 3.54. The predicted octanol–water partition coefficient (Wildman–Crippen LogP) is 2.71. The van der Waals surface area contributed by atoms with Crippen LogP contribution >= 0.6 is 15.9 Å². The summed E-state index contributed by atoms with van der Waals surface area (Å²) < 4.78 is 7.03. The summed E-state index contributed by atoms with van der Waals surface area (Å²) in [7, 11) is 0. The number of amides is 1. The van der Waals surface area contributed by atoms with Crippen LogP contribution < -0.4 is 16.1 Å². The number of rotatable bonds is 6. The number of hydrogen-bond donors (Lipinski definition) is 2. The molecular weight excluding hydrogens is 502 g/mol. The number of nitrogens with one attached hydrogen (secondary N) is 1. The smallest absolute Gasteiger partial charge is 0.293 e. The van der Waals surface area contributed by atoms with Crippen LogP contribution in [-0.2, 0) is 13.0 Å². The Morgan fingerprint density at radius 1 is 1.24 bits per heavy atom. The normalized spacial score (nSPS) is 13.3. The summed E-state index contributed by atoms with van der Waals surface area (Å²) in [6, 6.07) is 15.7. The fourth-order valence-corrected chi connectivity index (χ4v) is 4.31. The maximum absolute atomic E-state index is 13.0. The highest BCUT2D eigenvalue weighted by Gasteiger charge is 2.27. The molecule has 0 fully saturated rings. The molecule has 2 aromatic heterocycles. The van der Waals surface area contributed by atoms with Crippen molar-refractivity contribution in [3.05, 3.63) is 75.5 Å². The number of nitrogens with two attached hydrogens (primary N) is 1. The number of aryl methyl sites for hydroxylation is 1. The van der Waals surface area contributed by atoms with Gasteiger partial charge in [0, 0.05) is 16.7 Å². The van der Waals surface area contributed by atoms with Crippen LogP contribution in [0.1, 0.15) is 33.7 Å². The number of carbonyl (C=O) groups excluding carboxylic acids is 1. The molecule has 0 saturated heterocycles. The molecule has 0 unspecified atom stereocenters. The number of benzene rings is 2. The van der Waals surface area contributed by atoms with E-state index in [1.807, 2.05) is 36.4 Å². The third-order valence-electron chi connectivity index (χ3n) is 5.45. The van der Waals surface area contributed by atoms with Crippen LogP contribution in [0.3, 0.4) is 0 Å². The third kappa shape index (κ3) is 4.39. The van der Waals surface area contributed by atoms with Gasteiger partial charge in [0.2, 0.25) is 11.6 Å². The zero-order chi connectivity index (χ0) is 23.5. The van der Waals surface area contributed by atoms with Gasteiger partial charge in [-0.25, -0.2) is 10.1 Å². The molecule has 172 valence electrons. The average molecular weight is 522 g/mol. The van der Waals surface area contributed by atoms with Gasteiger partial charge < -0.3 is 10.6 Å². The Labute approximate surface area is 202 Å². The van der Waals surface area contributed by atoms with Gasteiger partial charge in [-0.15, -0.1) is 5.10 Å². The van der Waals surface area contributed by atoms with Gasteiger partial charge in [-0.1, -0.05) is 51.5 Å². The number of nitrogens with zero attached hydrogens (tertiary/aromatic N) is 7. The number of hydrogen-bond acceptors (Lipinski definition) is 9. The van der Waals surface area contributed by atoms with Gasteiger partial charge in [-0.05, 0) is 52.5 Å². The molecule has 3 heterocycles. The van der Waals surface area contributed by atoms with Gasteiger partial charge in [0.15, 0.2) is 5.69 Å². The molecule has 0 atom stereocenters. The minimum Gasteiger partial charge on any atom is -0.378 e. The highest BCUT2D eigenvalue weighted by Crippen LogP contribution is 2.29. The molecule has 0 saturated carbocycles. The second kappa shape index (κ2) is 9.43. The largest absolute Gasteiger partial charge is 0.378 e. The van der Waals surface area contributed by atoms with Gasteiger partial charge in [0.25, 0.3) is 5.91 Å². The highest BCUT2D eigenvalue weighted by atomic mass is 79.9. The van der Waals surface area contributed by atoms with Gasteiger partial charge in [0.05, 0.1) is 18.5 Å². The molecule has 0 spiro atoms. The Morgan fingerprint density at radius 3 is 2.94 bits per heavy atom. The van der Waals surface area contributed by atoms with Crippen LogP contribution in [0.5, 0.6) is 0 Å². The summed E-state index contributed by atoms with van der Waals surface area (Å²) in [5.41, 5.74) is 12.2. The standard InChI is InChI=1S/C22H20BrN9O2/c23-16-8-3-5-14(11-16)12-25-27-22(33)19-18(32(30-26-19)21-20(24)28-34-29-21)13-31-10-4-7-15-6-1-2-9-17(15)31/h1-3,5-6,8-9,11-12H,4,7,10,13H2,(H2,24,28)(H,27,33). The van der Waals surface area contributed by atoms with Crippen molar-refractivity contribution < 1.29 is 9.42 Å². The van der Waals surface area contributed by atoms with Crippen molar-refractivity contribution in [2.45, 2.75) is 19.4 Å². The summed E-state index contributed by atoms with van der Waals surface area (Å²) in [6.45, 7) is 1.17. The molecule has 1 amide bonds. The quantitative estimate of drug-likeness (QED) is 0.291. The summed E-state index contributed by atoms with van der Waals surface area (Å²) in [5, 5.41) is 19.7. The molecule has 0 aliphatic carbocycles. The van der Waals surface area contributed by atoms with Crippen molar-refractivity contribution in [2.75, 3.05) is 17.2 Å². The Morgan fingerprint density at radius 2 is 2.12 bits per heavy atom. The van der Waals surface area contributed by atoms with E-state index < -0.39 is 5.91 Å². The van der Waals surface area contributed by atoms with Gasteiger partial charge in [-0.3, -0.25) is 4.79 Å².